The first-order chi connectivity index (χ1) is 15.8. The Morgan fingerprint density at radius 3 is 2.42 bits per heavy atom. The van der Waals surface area contributed by atoms with Crippen molar-refractivity contribution in [3.05, 3.63) is 75.8 Å². The minimum absolute atomic E-state index is 0.146. The number of sulfonamides is 1. The molecule has 0 fully saturated rings. The number of benzene rings is 2. The Bertz CT molecular complexity index is 1170. The normalized spacial score (nSPS) is 12.8. The lowest BCUT2D eigenvalue weighted by Gasteiger charge is -2.21. The van der Waals surface area contributed by atoms with Crippen molar-refractivity contribution in [2.45, 2.75) is 44.2 Å². The summed E-state index contributed by atoms with van der Waals surface area (Å²) in [6.45, 7) is 7.82. The maximum absolute atomic E-state index is 13.2. The van der Waals surface area contributed by atoms with Gasteiger partial charge < -0.3 is 9.47 Å². The van der Waals surface area contributed by atoms with Gasteiger partial charge in [0.25, 0.3) is 0 Å². The number of nitrogens with zero attached hydrogens (tertiary/aromatic N) is 3. The molecule has 1 atom stereocenters. The molecule has 0 saturated heterocycles. The van der Waals surface area contributed by atoms with E-state index in [2.05, 4.69) is 33.7 Å². The zero-order valence-corrected chi connectivity index (χ0v) is 21.3. The zero-order chi connectivity index (χ0) is 23.8. The molecule has 1 heterocycles. The van der Waals surface area contributed by atoms with Crippen molar-refractivity contribution < 1.29 is 8.42 Å². The van der Waals surface area contributed by atoms with E-state index in [0.29, 0.717) is 28.6 Å². The van der Waals surface area contributed by atoms with E-state index >= 15 is 0 Å². The monoisotopic (exact) mass is 507 g/mol. The van der Waals surface area contributed by atoms with Gasteiger partial charge in [0.1, 0.15) is 5.82 Å². The molecule has 3 aromatic rings. The second kappa shape index (κ2) is 11.9. The van der Waals surface area contributed by atoms with Crippen molar-refractivity contribution in [1.82, 2.24) is 24.4 Å². The Labute approximate surface area is 205 Å². The summed E-state index contributed by atoms with van der Waals surface area (Å²) in [5, 5.41) is 7.75. The fourth-order valence-electron chi connectivity index (χ4n) is 3.71. The van der Waals surface area contributed by atoms with Crippen LogP contribution in [0.15, 0.2) is 59.5 Å². The number of halogens is 1. The predicted octanol–water partition coefficient (Wildman–Crippen LogP) is 4.59. The second-order valence-corrected chi connectivity index (χ2v) is 10.3. The maximum atomic E-state index is 13.2. The van der Waals surface area contributed by atoms with Crippen LogP contribution in [-0.2, 0) is 23.0 Å². The largest absolute Gasteiger partial charge is 0.304 e. The highest BCUT2D eigenvalue weighted by Crippen LogP contribution is 2.22. The number of H-pyrrole nitrogens is 1. The standard InChI is InChI=1S/C23H30ClN5O2S2/c1-3-28(4-2)15-8-16-29-22(25-26-23(29)32)21(17-18-9-6-5-7-10-18)27-33(30,31)20-13-11-19(24)12-14-20/h5-7,9-14,21,27H,3-4,8,15-17H2,1-2H3,(H,26,32)/t21-/m1/s1. The summed E-state index contributed by atoms with van der Waals surface area (Å²) in [6, 6.07) is 15.2. The Morgan fingerprint density at radius 2 is 1.79 bits per heavy atom. The number of rotatable bonds is 12. The zero-order valence-electron chi connectivity index (χ0n) is 18.9. The van der Waals surface area contributed by atoms with Crippen LogP contribution in [0.1, 0.15) is 37.7 Å². The SMILES string of the molecule is CCN(CC)CCCn1c([C@@H](Cc2ccccc2)NS(=O)(=O)c2ccc(Cl)cc2)n[nH]c1=S. The Hall–Kier alpha value is -2.04. The van der Waals surface area contributed by atoms with Gasteiger partial charge in [0, 0.05) is 11.6 Å². The molecule has 0 aliphatic heterocycles. The number of aromatic nitrogens is 3. The van der Waals surface area contributed by atoms with Gasteiger partial charge in [-0.25, -0.2) is 13.1 Å². The highest BCUT2D eigenvalue weighted by Gasteiger charge is 2.26. The molecular formula is C23H30ClN5O2S2. The third kappa shape index (κ3) is 6.97. The van der Waals surface area contributed by atoms with Crippen LogP contribution in [0.5, 0.6) is 0 Å². The molecule has 2 N–H and O–H groups in total. The van der Waals surface area contributed by atoms with Gasteiger partial charge in [-0.15, -0.1) is 0 Å². The molecule has 3 rings (SSSR count). The molecule has 0 unspecified atom stereocenters. The first kappa shape index (κ1) is 25.6. The quantitative estimate of drug-likeness (QED) is 0.350. The van der Waals surface area contributed by atoms with E-state index in [9.17, 15) is 8.42 Å². The van der Waals surface area contributed by atoms with Crippen LogP contribution in [-0.4, -0.2) is 47.7 Å². The first-order valence-corrected chi connectivity index (χ1v) is 13.3. The number of hydrogen-bond donors (Lipinski definition) is 2. The molecule has 7 nitrogen and oxygen atoms in total. The predicted molar refractivity (Wildman–Crippen MR) is 134 cm³/mol. The molecule has 0 bridgehead atoms. The van der Waals surface area contributed by atoms with Gasteiger partial charge in [0.05, 0.1) is 10.9 Å². The van der Waals surface area contributed by atoms with Gasteiger partial charge in [0.15, 0.2) is 4.77 Å². The molecule has 1 aromatic heterocycles. The average Bonchev–Trinajstić information content (AvgIpc) is 3.17. The molecule has 0 saturated carbocycles. The van der Waals surface area contributed by atoms with Gasteiger partial charge in [0.2, 0.25) is 10.0 Å². The Morgan fingerprint density at radius 1 is 1.12 bits per heavy atom. The third-order valence-electron chi connectivity index (χ3n) is 5.55. The highest BCUT2D eigenvalue weighted by molar-refractivity contribution is 7.89. The molecule has 0 aliphatic carbocycles. The van der Waals surface area contributed by atoms with Crippen LogP contribution < -0.4 is 4.72 Å². The third-order valence-corrected chi connectivity index (χ3v) is 7.61. The van der Waals surface area contributed by atoms with E-state index in [-0.39, 0.29) is 4.90 Å². The topological polar surface area (TPSA) is 83.0 Å². The van der Waals surface area contributed by atoms with E-state index in [1.807, 2.05) is 34.9 Å². The lowest BCUT2D eigenvalue weighted by Crippen LogP contribution is -2.32. The van der Waals surface area contributed by atoms with Crippen LogP contribution in [0.2, 0.25) is 5.02 Å². The van der Waals surface area contributed by atoms with Crippen molar-refractivity contribution >= 4 is 33.8 Å². The molecule has 0 radical (unpaired) electrons. The summed E-state index contributed by atoms with van der Waals surface area (Å²) in [5.41, 5.74) is 0.991. The van der Waals surface area contributed by atoms with Crippen LogP contribution >= 0.6 is 23.8 Å². The summed E-state index contributed by atoms with van der Waals surface area (Å²) in [5.74, 6) is 0.570. The number of nitrogens with one attached hydrogen (secondary N) is 2. The highest BCUT2D eigenvalue weighted by atomic mass is 35.5. The van der Waals surface area contributed by atoms with E-state index in [0.717, 1.165) is 31.6 Å². The van der Waals surface area contributed by atoms with Gasteiger partial charge in [-0.3, -0.25) is 5.10 Å². The summed E-state index contributed by atoms with van der Waals surface area (Å²) in [4.78, 5) is 2.49. The van der Waals surface area contributed by atoms with Gasteiger partial charge >= 0.3 is 0 Å². The molecule has 0 amide bonds. The van der Waals surface area contributed by atoms with E-state index in [4.69, 9.17) is 23.8 Å². The molecule has 0 spiro atoms. The van der Waals surface area contributed by atoms with Gasteiger partial charge in [-0.1, -0.05) is 55.8 Å². The van der Waals surface area contributed by atoms with Crippen molar-refractivity contribution in [3.8, 4) is 0 Å². The fraction of sp³-hybridized carbons (Fsp3) is 0.391. The van der Waals surface area contributed by atoms with E-state index in [1.165, 1.54) is 12.1 Å². The minimum Gasteiger partial charge on any atom is -0.304 e. The Kier molecular flexibility index (Phi) is 9.22. The fourth-order valence-corrected chi connectivity index (χ4v) is 5.26. The van der Waals surface area contributed by atoms with Gasteiger partial charge in [-0.2, -0.15) is 5.10 Å². The van der Waals surface area contributed by atoms with E-state index in [1.54, 1.807) is 12.1 Å². The van der Waals surface area contributed by atoms with Crippen molar-refractivity contribution in [2.75, 3.05) is 19.6 Å². The summed E-state index contributed by atoms with van der Waals surface area (Å²) < 4.78 is 31.6. The second-order valence-electron chi connectivity index (χ2n) is 7.74. The van der Waals surface area contributed by atoms with Crippen molar-refractivity contribution in [2.24, 2.45) is 0 Å². The number of aromatic amines is 1. The minimum atomic E-state index is -3.81. The molecule has 0 aliphatic rings. The lowest BCUT2D eigenvalue weighted by atomic mass is 10.1. The van der Waals surface area contributed by atoms with Crippen molar-refractivity contribution in [3.63, 3.8) is 0 Å². The molecule has 178 valence electrons. The molecule has 33 heavy (non-hydrogen) atoms. The Balaban J connectivity index is 1.90. The van der Waals surface area contributed by atoms with Crippen LogP contribution in [0.4, 0.5) is 0 Å². The molecule has 10 heteroatoms. The summed E-state index contributed by atoms with van der Waals surface area (Å²) in [7, 11) is -3.81. The molecule has 2 aromatic carbocycles. The van der Waals surface area contributed by atoms with Gasteiger partial charge in [-0.05, 0) is 74.5 Å². The lowest BCUT2D eigenvalue weighted by molar-refractivity contribution is 0.292. The summed E-state index contributed by atoms with van der Waals surface area (Å²) >= 11 is 11.4. The maximum Gasteiger partial charge on any atom is 0.241 e. The van der Waals surface area contributed by atoms with E-state index < -0.39 is 16.1 Å². The summed E-state index contributed by atoms with van der Waals surface area (Å²) in [6.07, 6.45) is 1.31. The molecular weight excluding hydrogens is 478 g/mol. The van der Waals surface area contributed by atoms with Crippen molar-refractivity contribution in [1.29, 1.82) is 0 Å². The smallest absolute Gasteiger partial charge is 0.241 e. The van der Waals surface area contributed by atoms with Crippen LogP contribution in [0, 0.1) is 4.77 Å². The average molecular weight is 508 g/mol. The first-order valence-electron chi connectivity index (χ1n) is 11.0. The number of hydrogen-bond acceptors (Lipinski definition) is 5. The van der Waals surface area contributed by atoms with Crippen LogP contribution in [0.25, 0.3) is 0 Å². The van der Waals surface area contributed by atoms with Crippen LogP contribution in [0.3, 0.4) is 0 Å².